The van der Waals surface area contributed by atoms with E-state index in [4.69, 9.17) is 9.72 Å². The van der Waals surface area contributed by atoms with Gasteiger partial charge in [0.2, 0.25) is 0 Å². The lowest BCUT2D eigenvalue weighted by Crippen LogP contribution is -2.41. The Bertz CT molecular complexity index is 1080. The lowest BCUT2D eigenvalue weighted by Gasteiger charge is -2.34. The summed E-state index contributed by atoms with van der Waals surface area (Å²) in [4.78, 5) is 32.0. The molecule has 0 radical (unpaired) electrons. The average Bonchev–Trinajstić information content (AvgIpc) is 3.19. The van der Waals surface area contributed by atoms with Crippen molar-refractivity contribution in [2.45, 2.75) is 32.2 Å². The first-order chi connectivity index (χ1) is 15.0. The lowest BCUT2D eigenvalue weighted by atomic mass is 10.0. The summed E-state index contributed by atoms with van der Waals surface area (Å²) in [6, 6.07) is 16.1. The zero-order valence-corrected chi connectivity index (χ0v) is 18.1. The Morgan fingerprint density at radius 3 is 2.74 bits per heavy atom. The fraction of sp³-hybridized carbons (Fsp3) is 0.292. The molecule has 1 aliphatic heterocycles. The quantitative estimate of drug-likeness (QED) is 0.591. The number of piperidine rings is 1. The van der Waals surface area contributed by atoms with Crippen LogP contribution in [0.3, 0.4) is 0 Å². The zero-order chi connectivity index (χ0) is 21.8. The number of aryl methyl sites for hydroxylation is 1. The van der Waals surface area contributed by atoms with Gasteiger partial charge in [-0.25, -0.2) is 9.78 Å². The number of hydrogen-bond acceptors (Lipinski definition) is 5. The number of amides is 1. The van der Waals surface area contributed by atoms with Gasteiger partial charge >= 0.3 is 5.97 Å². The van der Waals surface area contributed by atoms with E-state index in [-0.39, 0.29) is 24.1 Å². The number of thiazole rings is 1. The summed E-state index contributed by atoms with van der Waals surface area (Å²) in [5.41, 5.74) is 1.79. The molecule has 3 aromatic rings. The Morgan fingerprint density at radius 1 is 1.16 bits per heavy atom. The summed E-state index contributed by atoms with van der Waals surface area (Å²) in [7, 11) is 0. The fourth-order valence-electron chi connectivity index (χ4n) is 3.86. The maximum atomic E-state index is 12.9. The van der Waals surface area contributed by atoms with Gasteiger partial charge in [0, 0.05) is 17.0 Å². The molecule has 1 saturated heterocycles. The van der Waals surface area contributed by atoms with Crippen molar-refractivity contribution in [3.8, 4) is 17.0 Å². The van der Waals surface area contributed by atoms with E-state index < -0.39 is 5.97 Å². The Labute approximate surface area is 185 Å². The Kier molecular flexibility index (Phi) is 6.32. The van der Waals surface area contributed by atoms with Crippen LogP contribution >= 0.6 is 11.3 Å². The molecule has 2 aromatic carbocycles. The number of carboxylic acids is 1. The van der Waals surface area contributed by atoms with Crippen LogP contribution in [0.15, 0.2) is 54.6 Å². The maximum absolute atomic E-state index is 12.9. The van der Waals surface area contributed by atoms with Crippen molar-refractivity contribution in [1.82, 2.24) is 9.88 Å². The van der Waals surface area contributed by atoms with Crippen molar-refractivity contribution >= 4 is 23.2 Å². The van der Waals surface area contributed by atoms with Crippen LogP contribution in [0.2, 0.25) is 0 Å². The third-order valence-corrected chi connectivity index (χ3v) is 6.48. The molecule has 1 fully saturated rings. The van der Waals surface area contributed by atoms with Gasteiger partial charge < -0.3 is 14.7 Å². The zero-order valence-electron chi connectivity index (χ0n) is 17.3. The number of carbonyl (C=O) groups is 2. The molecule has 1 atom stereocenters. The van der Waals surface area contributed by atoms with Gasteiger partial charge in [-0.1, -0.05) is 30.3 Å². The molecule has 1 amide bonds. The third kappa shape index (κ3) is 4.77. The summed E-state index contributed by atoms with van der Waals surface area (Å²) in [5.74, 6) is -0.330. The highest BCUT2D eigenvalue weighted by Gasteiger charge is 2.31. The van der Waals surface area contributed by atoms with Crippen LogP contribution in [0.1, 0.15) is 45.5 Å². The van der Waals surface area contributed by atoms with Crippen LogP contribution in [0.5, 0.6) is 5.75 Å². The molecule has 0 spiro atoms. The Hall–Kier alpha value is -3.19. The number of carbonyl (C=O) groups excluding carboxylic acids is 1. The summed E-state index contributed by atoms with van der Waals surface area (Å²) in [6.45, 7) is 2.67. The second-order valence-corrected chi connectivity index (χ2v) is 8.78. The highest BCUT2D eigenvalue weighted by Crippen LogP contribution is 2.37. The van der Waals surface area contributed by atoms with Crippen LogP contribution in [-0.2, 0) is 4.79 Å². The molecule has 0 bridgehead atoms. The number of aromatic carboxylic acids is 1. The van der Waals surface area contributed by atoms with Crippen LogP contribution in [-0.4, -0.2) is 40.0 Å². The van der Waals surface area contributed by atoms with E-state index in [1.165, 1.54) is 0 Å². The predicted molar refractivity (Wildman–Crippen MR) is 119 cm³/mol. The van der Waals surface area contributed by atoms with Crippen LogP contribution in [0.25, 0.3) is 11.3 Å². The van der Waals surface area contributed by atoms with Crippen molar-refractivity contribution in [3.05, 3.63) is 70.0 Å². The van der Waals surface area contributed by atoms with Crippen molar-refractivity contribution < 1.29 is 19.4 Å². The minimum Gasteiger partial charge on any atom is -0.484 e. The highest BCUT2D eigenvalue weighted by molar-refractivity contribution is 7.12. The molecule has 1 aromatic heterocycles. The molecule has 7 heteroatoms. The smallest absolute Gasteiger partial charge is 0.335 e. The maximum Gasteiger partial charge on any atom is 0.335 e. The second kappa shape index (κ2) is 9.31. The Balaban J connectivity index is 1.54. The van der Waals surface area contributed by atoms with Gasteiger partial charge in [0.25, 0.3) is 5.91 Å². The molecule has 0 aliphatic carbocycles. The predicted octanol–water partition coefficient (Wildman–Crippen LogP) is 4.95. The van der Waals surface area contributed by atoms with Gasteiger partial charge in [0.1, 0.15) is 10.8 Å². The third-order valence-electron chi connectivity index (χ3n) is 5.41. The van der Waals surface area contributed by atoms with Gasteiger partial charge in [0.15, 0.2) is 6.61 Å². The van der Waals surface area contributed by atoms with Crippen LogP contribution < -0.4 is 4.74 Å². The highest BCUT2D eigenvalue weighted by atomic mass is 32.1. The molecule has 1 N–H and O–H groups in total. The van der Waals surface area contributed by atoms with Gasteiger partial charge in [-0.05, 0) is 50.5 Å². The van der Waals surface area contributed by atoms with E-state index in [1.54, 1.807) is 29.5 Å². The number of hydrogen-bond donors (Lipinski definition) is 1. The number of benzene rings is 2. The number of ether oxygens (including phenoxy) is 1. The molecule has 6 nitrogen and oxygen atoms in total. The molecular weight excluding hydrogens is 412 g/mol. The van der Waals surface area contributed by atoms with E-state index in [2.05, 4.69) is 0 Å². The van der Waals surface area contributed by atoms with Crippen molar-refractivity contribution in [2.24, 2.45) is 0 Å². The number of rotatable bonds is 6. The molecule has 0 saturated carbocycles. The van der Waals surface area contributed by atoms with Crippen molar-refractivity contribution in [3.63, 3.8) is 0 Å². The normalized spacial score (nSPS) is 16.2. The first-order valence-corrected chi connectivity index (χ1v) is 11.1. The van der Waals surface area contributed by atoms with Gasteiger partial charge in [-0.3, -0.25) is 4.79 Å². The van der Waals surface area contributed by atoms with E-state index in [1.807, 2.05) is 48.2 Å². The number of carboxylic acid groups (broad SMARTS) is 1. The first kappa shape index (κ1) is 21.1. The summed E-state index contributed by atoms with van der Waals surface area (Å²) in [6.07, 6.45) is 2.86. The second-order valence-electron chi connectivity index (χ2n) is 7.54. The van der Waals surface area contributed by atoms with E-state index in [0.717, 1.165) is 40.4 Å². The standard InChI is InChI=1S/C24H24N2O4S/c1-16-22(17-8-7-9-18(14-17)24(28)29)25-23(31-16)20-12-5-6-13-26(20)21(27)15-30-19-10-3-2-4-11-19/h2-4,7-11,14,20H,5-6,12-13,15H2,1H3,(H,28,29)/t20-/m1/s1. The molecule has 0 unspecified atom stereocenters. The van der Waals surface area contributed by atoms with Gasteiger partial charge in [-0.2, -0.15) is 0 Å². The number of nitrogens with zero attached hydrogens (tertiary/aromatic N) is 2. The Morgan fingerprint density at radius 2 is 1.97 bits per heavy atom. The fourth-order valence-corrected chi connectivity index (χ4v) is 4.95. The minimum absolute atomic E-state index is 0.00160. The van der Waals surface area contributed by atoms with E-state index in [9.17, 15) is 14.7 Å². The van der Waals surface area contributed by atoms with Crippen molar-refractivity contribution in [2.75, 3.05) is 13.2 Å². The van der Waals surface area contributed by atoms with Crippen LogP contribution in [0.4, 0.5) is 0 Å². The molecule has 160 valence electrons. The monoisotopic (exact) mass is 436 g/mol. The van der Waals surface area contributed by atoms with E-state index >= 15 is 0 Å². The average molecular weight is 437 g/mol. The summed E-state index contributed by atoms with van der Waals surface area (Å²) in [5, 5.41) is 10.2. The molecule has 4 rings (SSSR count). The van der Waals surface area contributed by atoms with Crippen molar-refractivity contribution in [1.29, 1.82) is 0 Å². The van der Waals surface area contributed by atoms with Gasteiger partial charge in [0.05, 0.1) is 17.3 Å². The largest absolute Gasteiger partial charge is 0.484 e. The number of para-hydroxylation sites is 1. The SMILES string of the molecule is Cc1sc([C@H]2CCCCN2C(=O)COc2ccccc2)nc1-c1cccc(C(=O)O)c1. The van der Waals surface area contributed by atoms with E-state index in [0.29, 0.717) is 12.3 Å². The topological polar surface area (TPSA) is 79.7 Å². The number of aromatic nitrogens is 1. The number of likely N-dealkylation sites (tertiary alicyclic amines) is 1. The van der Waals surface area contributed by atoms with Crippen LogP contribution in [0, 0.1) is 6.92 Å². The molecule has 1 aliphatic rings. The van der Waals surface area contributed by atoms with Gasteiger partial charge in [-0.15, -0.1) is 11.3 Å². The lowest BCUT2D eigenvalue weighted by molar-refractivity contribution is -0.137. The minimum atomic E-state index is -0.961. The molecule has 2 heterocycles. The first-order valence-electron chi connectivity index (χ1n) is 10.3. The summed E-state index contributed by atoms with van der Waals surface area (Å²) >= 11 is 1.57. The molecule has 31 heavy (non-hydrogen) atoms. The summed E-state index contributed by atoms with van der Waals surface area (Å²) < 4.78 is 5.68. The molecular formula is C24H24N2O4S.